The summed E-state index contributed by atoms with van der Waals surface area (Å²) in [4.78, 5) is 24.8. The minimum absolute atomic E-state index is 0.00760. The lowest BCUT2D eigenvalue weighted by atomic mass is 10.2. The number of amides is 2. The van der Waals surface area contributed by atoms with Gasteiger partial charge in [-0.15, -0.1) is 11.6 Å². The molecule has 20 heavy (non-hydrogen) atoms. The first-order valence-electron chi connectivity index (χ1n) is 6.08. The Morgan fingerprint density at radius 2 is 2.30 bits per heavy atom. The van der Waals surface area contributed by atoms with Gasteiger partial charge in [0.2, 0.25) is 5.91 Å². The van der Waals surface area contributed by atoms with Crippen LogP contribution in [0.4, 0.5) is 11.4 Å². The van der Waals surface area contributed by atoms with Crippen LogP contribution in [0.25, 0.3) is 0 Å². The van der Waals surface area contributed by atoms with E-state index in [0.29, 0.717) is 23.7 Å². The third kappa shape index (κ3) is 3.11. The first-order chi connectivity index (χ1) is 9.51. The highest BCUT2D eigenvalue weighted by molar-refractivity contribution is 6.29. The van der Waals surface area contributed by atoms with Crippen LogP contribution in [-0.2, 0) is 9.59 Å². The van der Waals surface area contributed by atoms with Crippen molar-refractivity contribution in [1.29, 1.82) is 0 Å². The van der Waals surface area contributed by atoms with Crippen LogP contribution in [0.3, 0.4) is 0 Å². The molecule has 1 aliphatic rings. The molecule has 0 aliphatic carbocycles. The summed E-state index contributed by atoms with van der Waals surface area (Å²) >= 11 is 5.45. The average molecular weight is 295 g/mol. The van der Waals surface area contributed by atoms with Crippen LogP contribution in [0.1, 0.15) is 6.92 Å². The van der Waals surface area contributed by atoms with Gasteiger partial charge in [0.05, 0.1) is 5.69 Å². The van der Waals surface area contributed by atoms with Crippen LogP contribution in [-0.4, -0.2) is 30.8 Å². The number of ether oxygens (including phenoxy) is 1. The van der Waals surface area contributed by atoms with Gasteiger partial charge in [0.1, 0.15) is 11.6 Å². The Morgan fingerprint density at radius 3 is 2.95 bits per heavy atom. The molecule has 6 heteroatoms. The summed E-state index contributed by atoms with van der Waals surface area (Å²) in [5, 5.41) is 2.64. The lowest BCUT2D eigenvalue weighted by Crippen LogP contribution is -2.39. The molecule has 2 amide bonds. The molecule has 0 saturated carbocycles. The third-order valence-electron chi connectivity index (χ3n) is 2.74. The largest absolute Gasteiger partial charge is 0.482 e. The number of carbonyl (C=O) groups excluding carboxylic acids is 2. The molecule has 1 aromatic carbocycles. The maximum atomic E-state index is 11.9. The molecule has 0 spiro atoms. The molecule has 0 unspecified atom stereocenters. The predicted octanol–water partition coefficient (Wildman–Crippen LogP) is 2.17. The number of hydrogen-bond donors (Lipinski definition) is 1. The highest BCUT2D eigenvalue weighted by atomic mass is 35.5. The van der Waals surface area contributed by atoms with E-state index in [0.717, 1.165) is 5.57 Å². The number of benzene rings is 1. The molecular weight excluding hydrogens is 280 g/mol. The zero-order chi connectivity index (χ0) is 14.7. The number of carbonyl (C=O) groups is 2. The fraction of sp³-hybridized carbons (Fsp3) is 0.286. The van der Waals surface area contributed by atoms with Gasteiger partial charge in [0.15, 0.2) is 6.61 Å². The number of alkyl halides is 1. The van der Waals surface area contributed by atoms with Crippen molar-refractivity contribution in [3.63, 3.8) is 0 Å². The van der Waals surface area contributed by atoms with E-state index in [1.807, 2.05) is 6.92 Å². The Balaban J connectivity index is 2.33. The van der Waals surface area contributed by atoms with Crippen molar-refractivity contribution >= 4 is 34.8 Å². The topological polar surface area (TPSA) is 58.6 Å². The molecule has 0 saturated heterocycles. The summed E-state index contributed by atoms with van der Waals surface area (Å²) in [5.74, 6) is 0.0410. The van der Waals surface area contributed by atoms with Gasteiger partial charge in [0, 0.05) is 12.2 Å². The average Bonchev–Trinajstić information content (AvgIpc) is 2.41. The van der Waals surface area contributed by atoms with Gasteiger partial charge in [-0.2, -0.15) is 0 Å². The summed E-state index contributed by atoms with van der Waals surface area (Å²) < 4.78 is 5.37. The Labute approximate surface area is 122 Å². The molecule has 2 rings (SSSR count). The number of fused-ring (bicyclic) bond motifs is 1. The van der Waals surface area contributed by atoms with Crippen molar-refractivity contribution in [3.8, 4) is 5.75 Å². The number of rotatable bonds is 4. The van der Waals surface area contributed by atoms with Crippen LogP contribution in [0.15, 0.2) is 30.4 Å². The highest BCUT2D eigenvalue weighted by Crippen LogP contribution is 2.34. The summed E-state index contributed by atoms with van der Waals surface area (Å²) in [6.07, 6.45) is 0. The second-order valence-electron chi connectivity index (χ2n) is 4.59. The van der Waals surface area contributed by atoms with E-state index in [9.17, 15) is 9.59 Å². The Bertz CT molecular complexity index is 572. The first-order valence-corrected chi connectivity index (χ1v) is 6.62. The SMILES string of the molecule is C=C(C)CN1C(=O)COc2ccc(NC(=O)CCl)cc21. The Hall–Kier alpha value is -2.01. The second kappa shape index (κ2) is 5.96. The van der Waals surface area contributed by atoms with Crippen LogP contribution >= 0.6 is 11.6 Å². The minimum Gasteiger partial charge on any atom is -0.482 e. The van der Waals surface area contributed by atoms with Crippen LogP contribution in [0.2, 0.25) is 0 Å². The predicted molar refractivity (Wildman–Crippen MR) is 78.5 cm³/mol. The molecule has 1 aliphatic heterocycles. The van der Waals surface area contributed by atoms with Gasteiger partial charge in [-0.1, -0.05) is 12.2 Å². The Kier molecular flexibility index (Phi) is 4.29. The van der Waals surface area contributed by atoms with Gasteiger partial charge >= 0.3 is 0 Å². The van der Waals surface area contributed by atoms with Crippen molar-refractivity contribution in [2.75, 3.05) is 29.2 Å². The lowest BCUT2D eigenvalue weighted by molar-refractivity contribution is -0.121. The van der Waals surface area contributed by atoms with Crippen molar-refractivity contribution in [3.05, 3.63) is 30.4 Å². The fourth-order valence-corrected chi connectivity index (χ4v) is 1.98. The van der Waals surface area contributed by atoms with E-state index in [1.54, 1.807) is 23.1 Å². The van der Waals surface area contributed by atoms with Crippen LogP contribution in [0, 0.1) is 0 Å². The van der Waals surface area contributed by atoms with Crippen molar-refractivity contribution in [1.82, 2.24) is 0 Å². The Morgan fingerprint density at radius 1 is 1.55 bits per heavy atom. The molecule has 1 heterocycles. The van der Waals surface area contributed by atoms with Crippen molar-refractivity contribution in [2.45, 2.75) is 6.92 Å². The number of nitrogens with zero attached hydrogens (tertiary/aromatic N) is 1. The maximum Gasteiger partial charge on any atom is 0.265 e. The summed E-state index contributed by atoms with van der Waals surface area (Å²) in [7, 11) is 0. The van der Waals surface area contributed by atoms with E-state index in [4.69, 9.17) is 16.3 Å². The number of nitrogens with one attached hydrogen (secondary N) is 1. The van der Waals surface area contributed by atoms with Gasteiger partial charge in [-0.05, 0) is 25.1 Å². The standard InChI is InChI=1S/C14H15ClN2O3/c1-9(2)7-17-11-5-10(16-13(18)6-15)3-4-12(11)20-8-14(17)19/h3-5H,1,6-8H2,2H3,(H,16,18). The molecule has 1 N–H and O–H groups in total. The monoisotopic (exact) mass is 294 g/mol. The number of anilines is 2. The van der Waals surface area contributed by atoms with Crippen LogP contribution in [0.5, 0.6) is 5.75 Å². The highest BCUT2D eigenvalue weighted by Gasteiger charge is 2.25. The molecule has 0 atom stereocenters. The molecule has 0 aromatic heterocycles. The van der Waals surface area contributed by atoms with Gasteiger partial charge in [0.25, 0.3) is 5.91 Å². The number of halogens is 1. The third-order valence-corrected chi connectivity index (χ3v) is 2.98. The van der Waals surface area contributed by atoms with Crippen molar-refractivity contribution < 1.29 is 14.3 Å². The normalized spacial score (nSPS) is 13.5. The zero-order valence-electron chi connectivity index (χ0n) is 11.1. The first kappa shape index (κ1) is 14.4. The fourth-order valence-electron chi connectivity index (χ4n) is 1.92. The van der Waals surface area contributed by atoms with E-state index >= 15 is 0 Å². The minimum atomic E-state index is -0.305. The van der Waals surface area contributed by atoms with Crippen LogP contribution < -0.4 is 15.0 Å². The molecule has 0 bridgehead atoms. The summed E-state index contributed by atoms with van der Waals surface area (Å²) in [6.45, 7) is 6.09. The maximum absolute atomic E-state index is 11.9. The zero-order valence-corrected chi connectivity index (χ0v) is 11.9. The van der Waals surface area contributed by atoms with Gasteiger partial charge in [-0.3, -0.25) is 9.59 Å². The van der Waals surface area contributed by atoms with Gasteiger partial charge in [-0.25, -0.2) is 0 Å². The quantitative estimate of drug-likeness (QED) is 0.684. The molecule has 0 radical (unpaired) electrons. The number of hydrogen-bond acceptors (Lipinski definition) is 3. The molecular formula is C14H15ClN2O3. The molecule has 1 aromatic rings. The second-order valence-corrected chi connectivity index (χ2v) is 4.86. The van der Waals surface area contributed by atoms with E-state index < -0.39 is 0 Å². The van der Waals surface area contributed by atoms with E-state index in [1.165, 1.54) is 0 Å². The summed E-state index contributed by atoms with van der Waals surface area (Å²) in [5.41, 5.74) is 2.05. The smallest absolute Gasteiger partial charge is 0.265 e. The van der Waals surface area contributed by atoms with Gasteiger partial charge < -0.3 is 15.0 Å². The molecule has 5 nitrogen and oxygen atoms in total. The van der Waals surface area contributed by atoms with Crippen molar-refractivity contribution in [2.24, 2.45) is 0 Å². The lowest BCUT2D eigenvalue weighted by Gasteiger charge is -2.30. The molecule has 0 fully saturated rings. The molecule has 106 valence electrons. The van der Waals surface area contributed by atoms with E-state index in [-0.39, 0.29) is 24.3 Å². The summed E-state index contributed by atoms with van der Waals surface area (Å²) in [6, 6.07) is 5.12. The van der Waals surface area contributed by atoms with E-state index in [2.05, 4.69) is 11.9 Å².